The second-order valence-electron chi connectivity index (χ2n) is 6.15. The second kappa shape index (κ2) is 7.53. The smallest absolute Gasteiger partial charge is 0.337 e. The molecule has 9 heteroatoms. The lowest BCUT2D eigenvalue weighted by atomic mass is 10.1. The van der Waals surface area contributed by atoms with Crippen molar-refractivity contribution in [3.8, 4) is 0 Å². The molecule has 27 heavy (non-hydrogen) atoms. The normalized spacial score (nSPS) is 15.6. The van der Waals surface area contributed by atoms with E-state index in [-0.39, 0.29) is 48.3 Å². The van der Waals surface area contributed by atoms with Crippen molar-refractivity contribution >= 4 is 21.9 Å². The molecule has 0 saturated carbocycles. The summed E-state index contributed by atoms with van der Waals surface area (Å²) in [5, 5.41) is 0. The number of ether oxygens (including phenoxy) is 1. The number of aryl methyl sites for hydroxylation is 1. The van der Waals surface area contributed by atoms with Gasteiger partial charge in [-0.3, -0.25) is 4.79 Å². The monoisotopic (exact) mass is 392 g/mol. The number of hydrogen-bond acceptors (Lipinski definition) is 6. The largest absolute Gasteiger partial charge is 0.465 e. The van der Waals surface area contributed by atoms with Gasteiger partial charge in [-0.15, -0.1) is 0 Å². The Balaban J connectivity index is 1.77. The van der Waals surface area contributed by atoms with Crippen molar-refractivity contribution < 1.29 is 27.2 Å². The van der Waals surface area contributed by atoms with E-state index < -0.39 is 16.0 Å². The number of carbonyl (C=O) groups is 2. The van der Waals surface area contributed by atoms with Crippen LogP contribution in [0.3, 0.4) is 0 Å². The first-order valence-electron chi connectivity index (χ1n) is 8.36. The molecular formula is C18H20N2O6S. The summed E-state index contributed by atoms with van der Waals surface area (Å²) in [6.07, 6.45) is 1.42. The van der Waals surface area contributed by atoms with Gasteiger partial charge >= 0.3 is 5.97 Å². The number of sulfonamides is 1. The summed E-state index contributed by atoms with van der Waals surface area (Å²) in [5.74, 6) is -0.630. The quantitative estimate of drug-likeness (QED) is 0.732. The Morgan fingerprint density at radius 2 is 1.81 bits per heavy atom. The summed E-state index contributed by atoms with van der Waals surface area (Å²) in [6.45, 7) is 2.51. The molecule has 144 valence electrons. The molecule has 0 atom stereocenters. The van der Waals surface area contributed by atoms with E-state index >= 15 is 0 Å². The van der Waals surface area contributed by atoms with Gasteiger partial charge in [-0.05, 0) is 36.8 Å². The number of hydrogen-bond donors (Lipinski definition) is 0. The van der Waals surface area contributed by atoms with Crippen LogP contribution in [0.2, 0.25) is 0 Å². The molecule has 2 aromatic rings. The molecule has 0 N–H and O–H groups in total. The number of carbonyl (C=O) groups excluding carboxylic acids is 2. The molecule has 0 radical (unpaired) electrons. The minimum absolute atomic E-state index is 0.0659. The zero-order valence-corrected chi connectivity index (χ0v) is 15.9. The molecule has 1 fully saturated rings. The molecule has 0 spiro atoms. The van der Waals surface area contributed by atoms with Gasteiger partial charge in [0.25, 0.3) is 5.91 Å². The van der Waals surface area contributed by atoms with Gasteiger partial charge in [0, 0.05) is 26.2 Å². The molecule has 0 unspecified atom stereocenters. The SMILES string of the molecule is COC(=O)c1ccc(C)c(S(=O)(=O)N2CCN(C(=O)c3ccco3)CC2)c1. The molecular weight excluding hydrogens is 372 g/mol. The fraction of sp³-hybridized carbons (Fsp3) is 0.333. The highest BCUT2D eigenvalue weighted by molar-refractivity contribution is 7.89. The van der Waals surface area contributed by atoms with E-state index in [0.717, 1.165) is 0 Å². The zero-order valence-electron chi connectivity index (χ0n) is 15.0. The van der Waals surface area contributed by atoms with Crippen molar-refractivity contribution in [3.05, 3.63) is 53.5 Å². The van der Waals surface area contributed by atoms with Gasteiger partial charge in [0.1, 0.15) is 0 Å². The Kier molecular flexibility index (Phi) is 5.33. The number of esters is 1. The number of rotatable bonds is 4. The third-order valence-electron chi connectivity index (χ3n) is 4.48. The molecule has 8 nitrogen and oxygen atoms in total. The fourth-order valence-electron chi connectivity index (χ4n) is 2.95. The molecule has 1 amide bonds. The predicted molar refractivity (Wildman–Crippen MR) is 95.9 cm³/mol. The average molecular weight is 392 g/mol. The maximum Gasteiger partial charge on any atom is 0.337 e. The summed E-state index contributed by atoms with van der Waals surface area (Å²) < 4.78 is 37.1. The van der Waals surface area contributed by atoms with Crippen molar-refractivity contribution in [3.63, 3.8) is 0 Å². The van der Waals surface area contributed by atoms with Crippen molar-refractivity contribution in [2.24, 2.45) is 0 Å². The van der Waals surface area contributed by atoms with Crippen LogP contribution in [0.25, 0.3) is 0 Å². The van der Waals surface area contributed by atoms with E-state index in [1.54, 1.807) is 30.0 Å². The number of methoxy groups -OCH3 is 1. The average Bonchev–Trinajstić information content (AvgIpc) is 3.22. The standard InChI is InChI=1S/C18H20N2O6S/c1-13-5-6-14(18(22)25-2)12-16(13)27(23,24)20-9-7-19(8-10-20)17(21)15-4-3-11-26-15/h3-6,11-12H,7-10H2,1-2H3. The van der Waals surface area contributed by atoms with Crippen LogP contribution < -0.4 is 0 Å². The number of nitrogens with zero attached hydrogens (tertiary/aromatic N) is 2. The summed E-state index contributed by atoms with van der Waals surface area (Å²) in [6, 6.07) is 7.64. The molecule has 1 aliphatic heterocycles. The maximum absolute atomic E-state index is 13.0. The molecule has 1 aromatic carbocycles. The Hall–Kier alpha value is -2.65. The summed E-state index contributed by atoms with van der Waals surface area (Å²) in [4.78, 5) is 25.7. The van der Waals surface area contributed by atoms with Gasteiger partial charge < -0.3 is 14.1 Å². The lowest BCUT2D eigenvalue weighted by molar-refractivity contribution is 0.0599. The van der Waals surface area contributed by atoms with E-state index in [9.17, 15) is 18.0 Å². The van der Waals surface area contributed by atoms with Crippen molar-refractivity contribution in [2.75, 3.05) is 33.3 Å². The topological polar surface area (TPSA) is 97.1 Å². The highest BCUT2D eigenvalue weighted by Gasteiger charge is 2.32. The van der Waals surface area contributed by atoms with Crippen LogP contribution in [0, 0.1) is 6.92 Å². The number of furan rings is 1. The first-order chi connectivity index (χ1) is 12.8. The highest BCUT2D eigenvalue weighted by atomic mass is 32.2. The van der Waals surface area contributed by atoms with Crippen LogP contribution in [0.4, 0.5) is 0 Å². The van der Waals surface area contributed by atoms with Crippen molar-refractivity contribution in [2.45, 2.75) is 11.8 Å². The van der Waals surface area contributed by atoms with Gasteiger partial charge in [0.05, 0.1) is 23.8 Å². The van der Waals surface area contributed by atoms with E-state index in [4.69, 9.17) is 4.42 Å². The van der Waals surface area contributed by atoms with Crippen LogP contribution in [-0.4, -0.2) is 62.8 Å². The summed E-state index contributed by atoms with van der Waals surface area (Å²) in [5.41, 5.74) is 0.713. The van der Waals surface area contributed by atoms with Crippen LogP contribution in [-0.2, 0) is 14.8 Å². The lowest BCUT2D eigenvalue weighted by Crippen LogP contribution is -2.50. The molecule has 1 aromatic heterocycles. The van der Waals surface area contributed by atoms with E-state index in [2.05, 4.69) is 4.74 Å². The van der Waals surface area contributed by atoms with Crippen LogP contribution >= 0.6 is 0 Å². The van der Waals surface area contributed by atoms with Crippen molar-refractivity contribution in [1.29, 1.82) is 0 Å². The molecule has 3 rings (SSSR count). The van der Waals surface area contributed by atoms with Gasteiger partial charge in [0.2, 0.25) is 10.0 Å². The predicted octanol–water partition coefficient (Wildman–Crippen LogP) is 1.52. The zero-order chi connectivity index (χ0) is 19.6. The molecule has 1 aliphatic rings. The highest BCUT2D eigenvalue weighted by Crippen LogP contribution is 2.23. The maximum atomic E-state index is 13.0. The van der Waals surface area contributed by atoms with E-state index in [1.165, 1.54) is 29.8 Å². The Morgan fingerprint density at radius 3 is 2.41 bits per heavy atom. The number of amides is 1. The van der Waals surface area contributed by atoms with Crippen molar-refractivity contribution in [1.82, 2.24) is 9.21 Å². The number of benzene rings is 1. The van der Waals surface area contributed by atoms with Gasteiger partial charge in [-0.2, -0.15) is 4.31 Å². The third kappa shape index (κ3) is 3.74. The molecule has 0 aliphatic carbocycles. The third-order valence-corrected chi connectivity index (χ3v) is 6.53. The Morgan fingerprint density at radius 1 is 1.11 bits per heavy atom. The summed E-state index contributed by atoms with van der Waals surface area (Å²) >= 11 is 0. The van der Waals surface area contributed by atoms with Gasteiger partial charge in [-0.1, -0.05) is 6.07 Å². The Labute approximate surface area is 157 Å². The second-order valence-corrected chi connectivity index (χ2v) is 8.05. The van der Waals surface area contributed by atoms with E-state index in [1.807, 2.05) is 0 Å². The van der Waals surface area contributed by atoms with E-state index in [0.29, 0.717) is 5.56 Å². The van der Waals surface area contributed by atoms with Crippen LogP contribution in [0.1, 0.15) is 26.5 Å². The first-order valence-corrected chi connectivity index (χ1v) is 9.80. The molecule has 0 bridgehead atoms. The van der Waals surface area contributed by atoms with Crippen LogP contribution in [0.5, 0.6) is 0 Å². The molecule has 1 saturated heterocycles. The number of piperazine rings is 1. The Bertz CT molecular complexity index is 944. The molecule has 2 heterocycles. The van der Waals surface area contributed by atoms with Gasteiger partial charge in [0.15, 0.2) is 5.76 Å². The minimum atomic E-state index is -3.80. The minimum Gasteiger partial charge on any atom is -0.465 e. The first kappa shape index (κ1) is 19.1. The lowest BCUT2D eigenvalue weighted by Gasteiger charge is -2.33. The summed E-state index contributed by atoms with van der Waals surface area (Å²) in [7, 11) is -2.55. The fourth-order valence-corrected chi connectivity index (χ4v) is 4.62. The van der Waals surface area contributed by atoms with Crippen LogP contribution in [0.15, 0.2) is 45.9 Å². The van der Waals surface area contributed by atoms with Gasteiger partial charge in [-0.25, -0.2) is 13.2 Å².